The van der Waals surface area contributed by atoms with Gasteiger partial charge in [-0.1, -0.05) is 48.0 Å². The summed E-state index contributed by atoms with van der Waals surface area (Å²) in [7, 11) is 1.88. The van der Waals surface area contributed by atoms with E-state index < -0.39 is 0 Å². The van der Waals surface area contributed by atoms with Crippen LogP contribution in [0, 0.1) is 5.82 Å². The molecular formula is C22H29ClFN3O+2. The molecule has 2 aromatic carbocycles. The second kappa shape index (κ2) is 10.0. The lowest BCUT2D eigenvalue weighted by Gasteiger charge is -2.30. The van der Waals surface area contributed by atoms with Crippen LogP contribution in [0.2, 0.25) is 5.02 Å². The van der Waals surface area contributed by atoms with Crippen LogP contribution in [0.4, 0.5) is 4.39 Å². The zero-order valence-electron chi connectivity index (χ0n) is 16.3. The van der Waals surface area contributed by atoms with Crippen molar-refractivity contribution < 1.29 is 19.0 Å². The van der Waals surface area contributed by atoms with Gasteiger partial charge >= 0.3 is 0 Å². The average Bonchev–Trinajstić information content (AvgIpc) is 2.67. The van der Waals surface area contributed by atoms with Crippen molar-refractivity contribution in [3.63, 3.8) is 0 Å². The van der Waals surface area contributed by atoms with E-state index in [4.69, 9.17) is 11.6 Å². The quantitative estimate of drug-likeness (QED) is 0.628. The van der Waals surface area contributed by atoms with Gasteiger partial charge in [0.1, 0.15) is 18.9 Å². The maximum Gasteiger partial charge on any atom is 0.275 e. The molecule has 1 amide bonds. The van der Waals surface area contributed by atoms with E-state index in [9.17, 15) is 9.18 Å². The lowest BCUT2D eigenvalue weighted by atomic mass is 10.0. The minimum atomic E-state index is -0.318. The van der Waals surface area contributed by atoms with E-state index in [-0.39, 0.29) is 17.8 Å². The minimum absolute atomic E-state index is 0.0153. The molecule has 28 heavy (non-hydrogen) atoms. The number of hydrogen-bond acceptors (Lipinski definition) is 1. The molecule has 6 heteroatoms. The normalized spacial score (nSPS) is 20.5. The van der Waals surface area contributed by atoms with Gasteiger partial charge < -0.3 is 15.1 Å². The molecule has 0 radical (unpaired) electrons. The molecule has 1 heterocycles. The molecule has 0 aromatic heterocycles. The van der Waals surface area contributed by atoms with E-state index in [0.29, 0.717) is 23.7 Å². The van der Waals surface area contributed by atoms with Gasteiger partial charge in [-0.15, -0.1) is 0 Å². The zero-order chi connectivity index (χ0) is 19.9. The van der Waals surface area contributed by atoms with Crippen LogP contribution in [0.5, 0.6) is 0 Å². The molecule has 1 aliphatic heterocycles. The number of rotatable bonds is 7. The van der Waals surface area contributed by atoms with Crippen molar-refractivity contribution in [2.24, 2.45) is 0 Å². The van der Waals surface area contributed by atoms with Crippen LogP contribution in [-0.2, 0) is 17.9 Å². The number of likely N-dealkylation sites (tertiary alicyclic amines) is 1. The molecule has 4 nitrogen and oxygen atoms in total. The summed E-state index contributed by atoms with van der Waals surface area (Å²) in [6.07, 6.45) is 1.98. The largest absolute Gasteiger partial charge is 0.348 e. The van der Waals surface area contributed by atoms with Gasteiger partial charge in [0.2, 0.25) is 0 Å². The third-order valence-corrected chi connectivity index (χ3v) is 5.71. The van der Waals surface area contributed by atoms with Crippen LogP contribution >= 0.6 is 11.6 Å². The Balaban J connectivity index is 1.40. The summed E-state index contributed by atoms with van der Waals surface area (Å²) < 4.78 is 13.9. The first-order chi connectivity index (χ1) is 13.5. The van der Waals surface area contributed by atoms with Crippen molar-refractivity contribution in [2.45, 2.75) is 32.0 Å². The standard InChI is InChI=1S/C22H27ClFN3O/c1-26(15-19-20(23)8-5-9-21(19)24)16-22(28)25-18-10-12-27(13-11-18)14-17-6-3-2-4-7-17/h2-9,18H,10-16H2,1H3,(H,25,28)/p+2. The van der Waals surface area contributed by atoms with E-state index >= 15 is 0 Å². The summed E-state index contributed by atoms with van der Waals surface area (Å²) >= 11 is 6.08. The zero-order valence-corrected chi connectivity index (χ0v) is 17.1. The van der Waals surface area contributed by atoms with Crippen molar-refractivity contribution in [2.75, 3.05) is 26.7 Å². The van der Waals surface area contributed by atoms with Crippen molar-refractivity contribution in [3.05, 3.63) is 70.5 Å². The van der Waals surface area contributed by atoms with Gasteiger partial charge in [0, 0.05) is 24.4 Å². The molecule has 0 aliphatic carbocycles. The topological polar surface area (TPSA) is 38.0 Å². The summed E-state index contributed by atoms with van der Waals surface area (Å²) in [5, 5.41) is 3.56. The van der Waals surface area contributed by atoms with Crippen molar-refractivity contribution in [1.82, 2.24) is 5.32 Å². The SMILES string of the molecule is C[NH+](CC(=O)NC1CC[NH+](Cc2ccccc2)CC1)Cc1c(F)cccc1Cl. The third kappa shape index (κ3) is 6.03. The minimum Gasteiger partial charge on any atom is -0.348 e. The number of carbonyl (C=O) groups is 1. The molecule has 1 saturated heterocycles. The Hall–Kier alpha value is -1.95. The highest BCUT2D eigenvalue weighted by atomic mass is 35.5. The fourth-order valence-corrected chi connectivity index (χ4v) is 4.08. The Morgan fingerprint density at radius 2 is 1.89 bits per heavy atom. The number of quaternary nitrogens is 2. The number of piperidine rings is 1. The monoisotopic (exact) mass is 405 g/mol. The molecule has 0 spiro atoms. The second-order valence-electron chi connectivity index (χ2n) is 7.77. The van der Waals surface area contributed by atoms with Gasteiger partial charge in [0.15, 0.2) is 6.54 Å². The van der Waals surface area contributed by atoms with Crippen LogP contribution in [0.25, 0.3) is 0 Å². The maximum atomic E-state index is 13.9. The number of likely N-dealkylation sites (N-methyl/N-ethyl adjacent to an activating group) is 1. The van der Waals surface area contributed by atoms with Gasteiger partial charge in [0.05, 0.1) is 30.7 Å². The molecule has 3 N–H and O–H groups in total. The van der Waals surface area contributed by atoms with Gasteiger partial charge in [-0.2, -0.15) is 0 Å². The molecule has 0 bridgehead atoms. The van der Waals surface area contributed by atoms with E-state index in [1.54, 1.807) is 17.0 Å². The molecule has 1 atom stereocenters. The lowest BCUT2D eigenvalue weighted by molar-refractivity contribution is -0.918. The summed E-state index contributed by atoms with van der Waals surface area (Å²) in [6.45, 7) is 3.86. The first-order valence-electron chi connectivity index (χ1n) is 9.92. The summed E-state index contributed by atoms with van der Waals surface area (Å²) in [5.74, 6) is -0.303. The fraction of sp³-hybridized carbons (Fsp3) is 0.409. The molecule has 0 saturated carbocycles. The molecule has 150 valence electrons. The summed E-state index contributed by atoms with van der Waals surface area (Å²) in [5.41, 5.74) is 1.82. The van der Waals surface area contributed by atoms with Gasteiger partial charge in [-0.05, 0) is 12.1 Å². The third-order valence-electron chi connectivity index (χ3n) is 5.36. The Labute approximate surface area is 171 Å². The summed E-state index contributed by atoms with van der Waals surface area (Å²) in [4.78, 5) is 14.9. The van der Waals surface area contributed by atoms with Crippen molar-refractivity contribution in [1.29, 1.82) is 0 Å². The van der Waals surface area contributed by atoms with E-state index in [1.807, 2.05) is 13.1 Å². The first kappa shape index (κ1) is 20.8. The number of nitrogens with one attached hydrogen (secondary N) is 3. The Morgan fingerprint density at radius 3 is 2.57 bits per heavy atom. The highest BCUT2D eigenvalue weighted by Crippen LogP contribution is 2.17. The molecular weight excluding hydrogens is 377 g/mol. The number of halogens is 2. The molecule has 1 aliphatic rings. The molecule has 2 aromatic rings. The smallest absolute Gasteiger partial charge is 0.275 e. The van der Waals surface area contributed by atoms with Crippen LogP contribution in [0.15, 0.2) is 48.5 Å². The highest BCUT2D eigenvalue weighted by molar-refractivity contribution is 6.31. The fourth-order valence-electron chi connectivity index (χ4n) is 3.85. The number of amides is 1. The van der Waals surface area contributed by atoms with Gasteiger partial charge in [0.25, 0.3) is 5.91 Å². The average molecular weight is 406 g/mol. The van der Waals surface area contributed by atoms with Crippen LogP contribution in [-0.4, -0.2) is 38.6 Å². The molecule has 1 unspecified atom stereocenters. The molecule has 1 fully saturated rings. The van der Waals surface area contributed by atoms with E-state index in [1.165, 1.54) is 11.6 Å². The van der Waals surface area contributed by atoms with Crippen LogP contribution in [0.1, 0.15) is 24.0 Å². The van der Waals surface area contributed by atoms with Gasteiger partial charge in [-0.3, -0.25) is 4.79 Å². The predicted molar refractivity (Wildman–Crippen MR) is 109 cm³/mol. The second-order valence-corrected chi connectivity index (χ2v) is 8.17. The summed E-state index contributed by atoms with van der Waals surface area (Å²) in [6, 6.07) is 15.4. The van der Waals surface area contributed by atoms with Crippen LogP contribution < -0.4 is 15.1 Å². The van der Waals surface area contributed by atoms with Crippen molar-refractivity contribution in [3.8, 4) is 0 Å². The predicted octanol–water partition coefficient (Wildman–Crippen LogP) is 0.858. The Kier molecular flexibility index (Phi) is 7.43. The van der Waals surface area contributed by atoms with E-state index in [0.717, 1.165) is 37.4 Å². The van der Waals surface area contributed by atoms with Gasteiger partial charge in [-0.25, -0.2) is 4.39 Å². The number of carbonyl (C=O) groups excluding carboxylic acids is 1. The number of hydrogen-bond donors (Lipinski definition) is 3. The first-order valence-corrected chi connectivity index (χ1v) is 10.3. The van der Waals surface area contributed by atoms with Crippen LogP contribution in [0.3, 0.4) is 0 Å². The van der Waals surface area contributed by atoms with E-state index in [2.05, 4.69) is 29.6 Å². The highest BCUT2D eigenvalue weighted by Gasteiger charge is 2.24. The Morgan fingerprint density at radius 1 is 1.18 bits per heavy atom. The maximum absolute atomic E-state index is 13.9. The van der Waals surface area contributed by atoms with Crippen molar-refractivity contribution >= 4 is 17.5 Å². The molecule has 3 rings (SSSR count). The number of benzene rings is 2. The lowest BCUT2D eigenvalue weighted by Crippen LogP contribution is -3.12. The Bertz CT molecular complexity index is 758.